The van der Waals surface area contributed by atoms with Crippen molar-refractivity contribution >= 4 is 29.2 Å². The summed E-state index contributed by atoms with van der Waals surface area (Å²) in [7, 11) is 0. The number of ether oxygens (including phenoxy) is 1. The molecule has 1 aromatic heterocycles. The first-order chi connectivity index (χ1) is 16.0. The van der Waals surface area contributed by atoms with Crippen molar-refractivity contribution in [2.45, 2.75) is 26.1 Å². The minimum Gasteiger partial charge on any atom is -0.374 e. The number of nitrogens with one attached hydrogen (secondary N) is 3. The van der Waals surface area contributed by atoms with Crippen LogP contribution in [0.25, 0.3) is 11.4 Å². The van der Waals surface area contributed by atoms with E-state index >= 15 is 0 Å². The smallest absolute Gasteiger partial charge is 0.315 e. The van der Waals surface area contributed by atoms with Crippen LogP contribution in [0.15, 0.2) is 42.5 Å². The fourth-order valence-electron chi connectivity index (χ4n) is 3.69. The van der Waals surface area contributed by atoms with Crippen molar-refractivity contribution < 1.29 is 9.53 Å². The highest BCUT2D eigenvalue weighted by atomic mass is 35.5. The number of morpholine rings is 1. The number of nitrogens with zero attached hydrogens (tertiary/aromatic N) is 3. The number of amides is 2. The van der Waals surface area contributed by atoms with Crippen molar-refractivity contribution in [1.82, 2.24) is 30.7 Å². The summed E-state index contributed by atoms with van der Waals surface area (Å²) in [6.07, 6.45) is -0.0791. The standard InChI is InChI=1S/C23H26Cl2N6O2/c1-15-28-22(30-29-15)18-4-2-3-16(9-18)11-26-23(32)27-12-19-14-31(7-8-33-19)13-17-5-6-20(24)21(25)10-17/h2-6,9-10,19H,7-8,11-14H2,1H3,(H2,26,27,32)(H,28,29,30)/t19-/m0/s1. The molecule has 0 radical (unpaired) electrons. The van der Waals surface area contributed by atoms with Crippen LogP contribution >= 0.6 is 23.2 Å². The zero-order valence-corrected chi connectivity index (χ0v) is 19.8. The monoisotopic (exact) mass is 488 g/mol. The Hall–Kier alpha value is -2.65. The number of carbonyl (C=O) groups is 1. The fourth-order valence-corrected chi connectivity index (χ4v) is 4.01. The largest absolute Gasteiger partial charge is 0.374 e. The second kappa shape index (κ2) is 11.0. The highest BCUT2D eigenvalue weighted by Crippen LogP contribution is 2.23. The van der Waals surface area contributed by atoms with Gasteiger partial charge in [-0.2, -0.15) is 5.10 Å². The lowest BCUT2D eigenvalue weighted by Gasteiger charge is -2.33. The van der Waals surface area contributed by atoms with E-state index in [0.29, 0.717) is 35.6 Å². The molecule has 1 saturated heterocycles. The first-order valence-corrected chi connectivity index (χ1v) is 11.5. The molecule has 0 aliphatic carbocycles. The third-order valence-corrected chi connectivity index (χ3v) is 6.08. The number of hydrogen-bond acceptors (Lipinski definition) is 5. The quantitative estimate of drug-likeness (QED) is 0.470. The number of rotatable bonds is 7. The van der Waals surface area contributed by atoms with E-state index < -0.39 is 0 Å². The van der Waals surface area contributed by atoms with E-state index in [9.17, 15) is 4.79 Å². The first-order valence-electron chi connectivity index (χ1n) is 10.7. The minimum absolute atomic E-state index is 0.0791. The van der Waals surface area contributed by atoms with Gasteiger partial charge in [-0.25, -0.2) is 9.78 Å². The molecule has 3 aromatic rings. The molecule has 10 heteroatoms. The summed E-state index contributed by atoms with van der Waals surface area (Å²) in [5.74, 6) is 1.40. The molecule has 1 atom stereocenters. The number of aromatic nitrogens is 3. The maximum absolute atomic E-state index is 12.3. The highest BCUT2D eigenvalue weighted by Gasteiger charge is 2.21. The zero-order valence-electron chi connectivity index (χ0n) is 18.3. The Kier molecular flexibility index (Phi) is 7.82. The molecule has 33 heavy (non-hydrogen) atoms. The van der Waals surface area contributed by atoms with Crippen LogP contribution in [-0.2, 0) is 17.8 Å². The number of benzene rings is 2. The average Bonchev–Trinajstić information content (AvgIpc) is 3.25. The Morgan fingerprint density at radius 3 is 2.85 bits per heavy atom. The molecule has 1 aliphatic heterocycles. The lowest BCUT2D eigenvalue weighted by atomic mass is 10.1. The summed E-state index contributed by atoms with van der Waals surface area (Å²) in [6.45, 7) is 5.60. The van der Waals surface area contributed by atoms with Gasteiger partial charge in [0.25, 0.3) is 0 Å². The lowest BCUT2D eigenvalue weighted by Crippen LogP contribution is -2.48. The van der Waals surface area contributed by atoms with Crippen molar-refractivity contribution in [3.05, 3.63) is 69.5 Å². The van der Waals surface area contributed by atoms with Crippen LogP contribution in [0.5, 0.6) is 0 Å². The van der Waals surface area contributed by atoms with Crippen molar-refractivity contribution in [3.8, 4) is 11.4 Å². The molecule has 2 amide bonds. The Bertz CT molecular complexity index is 1110. The molecule has 2 aromatic carbocycles. The molecule has 3 N–H and O–H groups in total. The Balaban J connectivity index is 1.22. The molecule has 4 rings (SSSR count). The predicted octanol–water partition coefficient (Wildman–Crippen LogP) is 3.79. The third kappa shape index (κ3) is 6.68. The van der Waals surface area contributed by atoms with E-state index in [1.54, 1.807) is 0 Å². The Labute approximate surface area is 202 Å². The van der Waals surface area contributed by atoms with Gasteiger partial charge in [0, 0.05) is 38.3 Å². The third-order valence-electron chi connectivity index (χ3n) is 5.34. The molecule has 0 spiro atoms. The van der Waals surface area contributed by atoms with Crippen molar-refractivity contribution in [1.29, 1.82) is 0 Å². The van der Waals surface area contributed by atoms with Gasteiger partial charge >= 0.3 is 6.03 Å². The molecule has 174 valence electrons. The summed E-state index contributed by atoms with van der Waals surface area (Å²) in [5.41, 5.74) is 2.96. The van der Waals surface area contributed by atoms with E-state index in [1.807, 2.05) is 49.4 Å². The second-order valence-corrected chi connectivity index (χ2v) is 8.80. The van der Waals surface area contributed by atoms with E-state index in [1.165, 1.54) is 0 Å². The molecule has 0 bridgehead atoms. The summed E-state index contributed by atoms with van der Waals surface area (Å²) >= 11 is 12.1. The fraction of sp³-hybridized carbons (Fsp3) is 0.348. The van der Waals surface area contributed by atoms with Gasteiger partial charge in [0.15, 0.2) is 5.82 Å². The van der Waals surface area contributed by atoms with Crippen molar-refractivity contribution in [2.75, 3.05) is 26.2 Å². The average molecular weight is 489 g/mol. The topological polar surface area (TPSA) is 95.2 Å². The summed E-state index contributed by atoms with van der Waals surface area (Å²) in [4.78, 5) is 18.9. The number of carbonyl (C=O) groups excluding carboxylic acids is 1. The molecule has 8 nitrogen and oxygen atoms in total. The normalized spacial score (nSPS) is 16.5. The van der Waals surface area contributed by atoms with E-state index in [0.717, 1.165) is 42.1 Å². The number of aromatic amines is 1. The van der Waals surface area contributed by atoms with Crippen molar-refractivity contribution in [2.24, 2.45) is 0 Å². The first kappa shape index (κ1) is 23.5. The summed E-state index contributed by atoms with van der Waals surface area (Å²) < 4.78 is 5.82. The van der Waals surface area contributed by atoms with Gasteiger partial charge in [-0.1, -0.05) is 47.5 Å². The number of aryl methyl sites for hydroxylation is 1. The Morgan fingerprint density at radius 2 is 2.06 bits per heavy atom. The van der Waals surface area contributed by atoms with Crippen LogP contribution in [0.1, 0.15) is 17.0 Å². The molecular weight excluding hydrogens is 463 g/mol. The van der Waals surface area contributed by atoms with Crippen LogP contribution in [0.2, 0.25) is 10.0 Å². The minimum atomic E-state index is -0.237. The molecule has 0 unspecified atom stereocenters. The molecular formula is C23H26Cl2N6O2. The Morgan fingerprint density at radius 1 is 1.18 bits per heavy atom. The molecule has 1 aliphatic rings. The number of halogens is 2. The van der Waals surface area contributed by atoms with Gasteiger partial charge in [0.1, 0.15) is 5.82 Å². The van der Waals surface area contributed by atoms with E-state index in [2.05, 4.69) is 30.7 Å². The van der Waals surface area contributed by atoms with Crippen LogP contribution in [0, 0.1) is 6.92 Å². The number of H-pyrrole nitrogens is 1. The van der Waals surface area contributed by atoms with Crippen LogP contribution in [0.4, 0.5) is 4.79 Å². The summed E-state index contributed by atoms with van der Waals surface area (Å²) in [6, 6.07) is 13.2. The van der Waals surface area contributed by atoms with Gasteiger partial charge < -0.3 is 15.4 Å². The van der Waals surface area contributed by atoms with E-state index in [-0.39, 0.29) is 12.1 Å². The van der Waals surface area contributed by atoms with Gasteiger partial charge in [-0.05, 0) is 36.2 Å². The SMILES string of the molecule is Cc1nc(-c2cccc(CNC(=O)NC[C@H]3CN(Cc4ccc(Cl)c(Cl)c4)CCO3)c2)n[nH]1. The maximum atomic E-state index is 12.3. The molecule has 0 saturated carbocycles. The molecule has 2 heterocycles. The van der Waals surface area contributed by atoms with E-state index in [4.69, 9.17) is 27.9 Å². The summed E-state index contributed by atoms with van der Waals surface area (Å²) in [5, 5.41) is 13.9. The number of urea groups is 1. The highest BCUT2D eigenvalue weighted by molar-refractivity contribution is 6.42. The molecule has 1 fully saturated rings. The maximum Gasteiger partial charge on any atom is 0.315 e. The zero-order chi connectivity index (χ0) is 23.2. The van der Waals surface area contributed by atoms with Gasteiger partial charge in [-0.3, -0.25) is 10.00 Å². The number of hydrogen-bond donors (Lipinski definition) is 3. The predicted molar refractivity (Wildman–Crippen MR) is 128 cm³/mol. The second-order valence-electron chi connectivity index (χ2n) is 7.98. The van der Waals surface area contributed by atoms with Crippen molar-refractivity contribution in [3.63, 3.8) is 0 Å². The van der Waals surface area contributed by atoms with Gasteiger partial charge in [-0.15, -0.1) is 0 Å². The van der Waals surface area contributed by atoms with Gasteiger partial charge in [0.2, 0.25) is 0 Å². The lowest BCUT2D eigenvalue weighted by molar-refractivity contribution is -0.0287. The van der Waals surface area contributed by atoms with Crippen LogP contribution < -0.4 is 10.6 Å². The van der Waals surface area contributed by atoms with Crippen LogP contribution in [-0.4, -0.2) is 58.5 Å². The van der Waals surface area contributed by atoms with Gasteiger partial charge in [0.05, 0.1) is 22.8 Å². The van der Waals surface area contributed by atoms with Crippen LogP contribution in [0.3, 0.4) is 0 Å².